The van der Waals surface area contributed by atoms with Gasteiger partial charge in [0.25, 0.3) is 0 Å². The van der Waals surface area contributed by atoms with Gasteiger partial charge in [-0.05, 0) is 0 Å². The summed E-state index contributed by atoms with van der Waals surface area (Å²) in [4.78, 5) is 13.3. The van der Waals surface area contributed by atoms with Crippen molar-refractivity contribution in [2.24, 2.45) is 0 Å². The van der Waals surface area contributed by atoms with Crippen molar-refractivity contribution in [1.29, 1.82) is 0 Å². The zero-order chi connectivity index (χ0) is 7.56. The first kappa shape index (κ1) is 10.5. The van der Waals surface area contributed by atoms with Gasteiger partial charge in [0.15, 0.2) is 0 Å². The van der Waals surface area contributed by atoms with Gasteiger partial charge in [0.2, 0.25) is 5.89 Å². The molecule has 1 heterocycles. The van der Waals surface area contributed by atoms with Crippen molar-refractivity contribution < 1.29 is 48.6 Å². The standard InChI is InChI=1S/C5H5NO4.Na/c1-9-3-2-6-4(10-3)5(7)8;/h2H,1H3,(H,7,8);/q;+1/p-1. The number of methoxy groups -OCH3 is 1. The Labute approximate surface area is 84.7 Å². The molecule has 0 aliphatic rings. The summed E-state index contributed by atoms with van der Waals surface area (Å²) >= 11 is 0. The van der Waals surface area contributed by atoms with E-state index in [9.17, 15) is 9.90 Å². The quantitative estimate of drug-likeness (QED) is 0.418. The summed E-state index contributed by atoms with van der Waals surface area (Å²) in [7, 11) is 1.35. The average molecular weight is 165 g/mol. The monoisotopic (exact) mass is 165 g/mol. The molecule has 0 saturated carbocycles. The Morgan fingerprint density at radius 1 is 1.82 bits per heavy atom. The van der Waals surface area contributed by atoms with Crippen molar-refractivity contribution in [3.05, 3.63) is 12.1 Å². The van der Waals surface area contributed by atoms with Crippen molar-refractivity contribution in [1.82, 2.24) is 4.98 Å². The number of ether oxygens (including phenoxy) is 1. The van der Waals surface area contributed by atoms with Gasteiger partial charge in [-0.3, -0.25) is 0 Å². The fourth-order valence-electron chi connectivity index (χ4n) is 0.448. The molecule has 0 atom stereocenters. The van der Waals surface area contributed by atoms with E-state index >= 15 is 0 Å². The number of hydrogen-bond donors (Lipinski definition) is 0. The summed E-state index contributed by atoms with van der Waals surface area (Å²) in [5.41, 5.74) is 0. The normalized spacial score (nSPS) is 8.45. The van der Waals surface area contributed by atoms with E-state index in [0.717, 1.165) is 6.20 Å². The molecule has 5 nitrogen and oxygen atoms in total. The summed E-state index contributed by atoms with van der Waals surface area (Å²) in [5, 5.41) is 10.0. The van der Waals surface area contributed by atoms with Gasteiger partial charge in [-0.25, -0.2) is 4.98 Å². The number of carbonyl (C=O) groups excluding carboxylic acids is 1. The van der Waals surface area contributed by atoms with E-state index < -0.39 is 11.9 Å². The van der Waals surface area contributed by atoms with Crippen molar-refractivity contribution in [3.8, 4) is 5.95 Å². The van der Waals surface area contributed by atoms with Crippen LogP contribution in [-0.2, 0) is 0 Å². The Kier molecular flexibility index (Phi) is 4.17. The van der Waals surface area contributed by atoms with Crippen LogP contribution in [0, 0.1) is 0 Å². The maximum absolute atomic E-state index is 10.0. The Balaban J connectivity index is 0.000001000. The van der Waals surface area contributed by atoms with E-state index in [1.54, 1.807) is 0 Å². The van der Waals surface area contributed by atoms with Crippen LogP contribution in [0.25, 0.3) is 0 Å². The number of carboxylic acids is 1. The first-order valence-electron chi connectivity index (χ1n) is 2.45. The molecule has 0 aliphatic heterocycles. The summed E-state index contributed by atoms with van der Waals surface area (Å²) in [6.07, 6.45) is 1.16. The Hall–Kier alpha value is -0.520. The van der Waals surface area contributed by atoms with Gasteiger partial charge in [-0.15, -0.1) is 0 Å². The number of aromatic carboxylic acids is 1. The Morgan fingerprint density at radius 3 is 2.73 bits per heavy atom. The maximum atomic E-state index is 10.0. The van der Waals surface area contributed by atoms with E-state index in [-0.39, 0.29) is 35.5 Å². The van der Waals surface area contributed by atoms with Crippen LogP contribution in [0.2, 0.25) is 0 Å². The van der Waals surface area contributed by atoms with Crippen LogP contribution >= 0.6 is 0 Å². The Morgan fingerprint density at radius 2 is 2.45 bits per heavy atom. The molecule has 1 aromatic heterocycles. The molecule has 1 rings (SSSR count). The van der Waals surface area contributed by atoms with Crippen molar-refractivity contribution >= 4 is 5.97 Å². The van der Waals surface area contributed by atoms with Gasteiger partial charge < -0.3 is 19.1 Å². The van der Waals surface area contributed by atoms with Gasteiger partial charge in [-0.2, -0.15) is 0 Å². The van der Waals surface area contributed by atoms with Gasteiger partial charge in [-0.1, -0.05) is 0 Å². The summed E-state index contributed by atoms with van der Waals surface area (Å²) in [6.45, 7) is 0. The molecule has 0 bridgehead atoms. The van der Waals surface area contributed by atoms with E-state index in [1.807, 2.05) is 0 Å². The smallest absolute Gasteiger partial charge is 0.540 e. The molecule has 1 aromatic rings. The Bertz CT molecular complexity index is 246. The summed E-state index contributed by atoms with van der Waals surface area (Å²) in [5.74, 6) is -1.88. The van der Waals surface area contributed by atoms with Crippen LogP contribution in [0.3, 0.4) is 0 Å². The number of oxazole rings is 1. The zero-order valence-corrected chi connectivity index (χ0v) is 8.16. The predicted octanol–water partition coefficient (Wildman–Crippen LogP) is -3.95. The third-order valence-electron chi connectivity index (χ3n) is 0.860. The van der Waals surface area contributed by atoms with Gasteiger partial charge in [0.05, 0.1) is 7.11 Å². The topological polar surface area (TPSA) is 75.4 Å². The number of carbonyl (C=O) groups is 1. The van der Waals surface area contributed by atoms with E-state index in [1.165, 1.54) is 7.11 Å². The fraction of sp³-hybridized carbons (Fsp3) is 0.200. The minimum absolute atomic E-state index is 0. The van der Waals surface area contributed by atoms with Gasteiger partial charge >= 0.3 is 35.5 Å². The number of aromatic nitrogens is 1. The van der Waals surface area contributed by atoms with Crippen LogP contribution in [-0.4, -0.2) is 18.1 Å². The predicted molar refractivity (Wildman–Crippen MR) is 27.4 cm³/mol. The molecule has 0 amide bonds. The molecule has 0 saturated heterocycles. The molecule has 11 heavy (non-hydrogen) atoms. The number of carboxylic acid groups (broad SMARTS) is 1. The van der Waals surface area contributed by atoms with Crippen LogP contribution in [0.4, 0.5) is 0 Å². The zero-order valence-electron chi connectivity index (χ0n) is 6.16. The van der Waals surface area contributed by atoms with Crippen LogP contribution in [0.5, 0.6) is 5.95 Å². The fourth-order valence-corrected chi connectivity index (χ4v) is 0.448. The molecule has 6 heteroatoms. The second-order valence-electron chi connectivity index (χ2n) is 1.48. The van der Waals surface area contributed by atoms with E-state index in [2.05, 4.69) is 14.1 Å². The second kappa shape index (κ2) is 4.38. The molecule has 0 unspecified atom stereocenters. The van der Waals surface area contributed by atoms with Crippen molar-refractivity contribution in [3.63, 3.8) is 0 Å². The van der Waals surface area contributed by atoms with Gasteiger partial charge in [0.1, 0.15) is 12.2 Å². The third kappa shape index (κ3) is 2.53. The van der Waals surface area contributed by atoms with Crippen LogP contribution < -0.4 is 39.4 Å². The molecule has 54 valence electrons. The number of nitrogens with zero attached hydrogens (tertiary/aromatic N) is 1. The minimum atomic E-state index is -1.46. The molecule has 0 aromatic carbocycles. The third-order valence-corrected chi connectivity index (χ3v) is 0.860. The van der Waals surface area contributed by atoms with Gasteiger partial charge in [0, 0.05) is 0 Å². The molecule has 0 radical (unpaired) electrons. The van der Waals surface area contributed by atoms with E-state index in [4.69, 9.17) is 0 Å². The van der Waals surface area contributed by atoms with Crippen LogP contribution in [0.15, 0.2) is 10.6 Å². The van der Waals surface area contributed by atoms with Crippen molar-refractivity contribution in [2.75, 3.05) is 7.11 Å². The minimum Gasteiger partial charge on any atom is -0.540 e. The second-order valence-corrected chi connectivity index (χ2v) is 1.48. The molecule has 0 N–H and O–H groups in total. The molecule has 0 fully saturated rings. The SMILES string of the molecule is COc1cnc(C(=O)[O-])o1.[Na+]. The molecular formula is C5H4NNaO4. The van der Waals surface area contributed by atoms with Crippen molar-refractivity contribution in [2.45, 2.75) is 0 Å². The first-order chi connectivity index (χ1) is 4.74. The summed E-state index contributed by atoms with van der Waals surface area (Å²) in [6, 6.07) is 0. The molecule has 0 aliphatic carbocycles. The number of hydrogen-bond acceptors (Lipinski definition) is 5. The van der Waals surface area contributed by atoms with E-state index in [0.29, 0.717) is 0 Å². The largest absolute Gasteiger partial charge is 1.00 e. The molecular weight excluding hydrogens is 161 g/mol. The first-order valence-corrected chi connectivity index (χ1v) is 2.45. The summed E-state index contributed by atoms with van der Waals surface area (Å²) < 4.78 is 9.02. The van der Waals surface area contributed by atoms with Crippen LogP contribution in [0.1, 0.15) is 10.7 Å². The number of rotatable bonds is 2. The molecule has 0 spiro atoms. The average Bonchev–Trinajstić information content (AvgIpc) is 2.34. The maximum Gasteiger partial charge on any atom is 1.00 e.